The predicted octanol–water partition coefficient (Wildman–Crippen LogP) is 3.80. The van der Waals surface area contributed by atoms with Crippen LogP contribution in [0.2, 0.25) is 0 Å². The van der Waals surface area contributed by atoms with Crippen molar-refractivity contribution in [3.05, 3.63) is 46.7 Å². The summed E-state index contributed by atoms with van der Waals surface area (Å²) >= 11 is 0. The van der Waals surface area contributed by atoms with Crippen molar-refractivity contribution in [2.75, 3.05) is 5.32 Å². The molecule has 2 aliphatic carbocycles. The van der Waals surface area contributed by atoms with Crippen LogP contribution in [0.5, 0.6) is 0 Å². The Kier molecular flexibility index (Phi) is 4.05. The summed E-state index contributed by atoms with van der Waals surface area (Å²) < 4.78 is 14.6. The van der Waals surface area contributed by atoms with Gasteiger partial charge in [0.05, 0.1) is 11.4 Å². The first-order chi connectivity index (χ1) is 12.5. The molecule has 1 aromatic carbocycles. The van der Waals surface area contributed by atoms with E-state index in [2.05, 4.69) is 15.5 Å². The van der Waals surface area contributed by atoms with Gasteiger partial charge in [0.2, 0.25) is 0 Å². The Labute approximate surface area is 151 Å². The molecule has 1 amide bonds. The lowest BCUT2D eigenvalue weighted by molar-refractivity contribution is -0.113. The van der Waals surface area contributed by atoms with Crippen LogP contribution in [-0.4, -0.2) is 16.1 Å². The smallest absolute Gasteiger partial charge is 0.271 e. The van der Waals surface area contributed by atoms with Crippen LogP contribution in [0.15, 0.2) is 29.5 Å². The topological polar surface area (TPSA) is 83.8 Å². The third-order valence-electron chi connectivity index (χ3n) is 5.21. The van der Waals surface area contributed by atoms with Crippen molar-refractivity contribution < 1.29 is 9.18 Å². The van der Waals surface area contributed by atoms with Gasteiger partial charge in [-0.25, -0.2) is 4.39 Å². The van der Waals surface area contributed by atoms with Crippen molar-refractivity contribution in [1.82, 2.24) is 10.2 Å². The third kappa shape index (κ3) is 3.11. The lowest BCUT2D eigenvalue weighted by Gasteiger charge is -2.12. The second-order valence-electron chi connectivity index (χ2n) is 7.38. The van der Waals surface area contributed by atoms with Crippen LogP contribution in [-0.2, 0) is 4.79 Å². The fourth-order valence-corrected chi connectivity index (χ4v) is 3.63. The molecule has 6 heteroatoms. The molecule has 0 unspecified atom stereocenters. The average molecular weight is 354 g/mol. The highest BCUT2D eigenvalue weighted by Gasteiger charge is 2.39. The Hall–Kier alpha value is -2.63. The highest BCUT2D eigenvalue weighted by atomic mass is 19.1. The van der Waals surface area contributed by atoms with Gasteiger partial charge in [0.25, 0.3) is 5.91 Å². The third-order valence-corrected chi connectivity index (χ3v) is 5.21. The molecule has 2 aliphatic rings. The van der Waals surface area contributed by atoms with Crippen molar-refractivity contribution in [3.8, 4) is 11.1 Å². The minimum absolute atomic E-state index is 0.320. The maximum Gasteiger partial charge on any atom is 0.271 e. The summed E-state index contributed by atoms with van der Waals surface area (Å²) in [7, 11) is 0. The molecule has 4 N–H and O–H groups in total. The van der Waals surface area contributed by atoms with Gasteiger partial charge in [-0.15, -0.1) is 0 Å². The van der Waals surface area contributed by atoms with Crippen LogP contribution in [0, 0.1) is 31.5 Å². The molecule has 5 nitrogen and oxygen atoms in total. The fourth-order valence-electron chi connectivity index (χ4n) is 3.63. The predicted molar refractivity (Wildman–Crippen MR) is 98.7 cm³/mol. The Bertz CT molecular complexity index is 873. The number of aryl methyl sites for hydroxylation is 2. The van der Waals surface area contributed by atoms with E-state index in [0.717, 1.165) is 48.2 Å². The number of carbonyl (C=O) groups is 1. The number of carbonyl (C=O) groups excluding carboxylic acids is 1. The zero-order valence-electron chi connectivity index (χ0n) is 15.0. The normalized spacial score (nSPS) is 16.4. The molecular formula is C20H23FN4O. The van der Waals surface area contributed by atoms with Gasteiger partial charge < -0.3 is 11.1 Å². The average Bonchev–Trinajstić information content (AvgIpc) is 3.51. The van der Waals surface area contributed by atoms with Crippen LogP contribution < -0.4 is 11.1 Å². The van der Waals surface area contributed by atoms with Gasteiger partial charge in [0.15, 0.2) is 0 Å². The molecule has 0 saturated heterocycles. The number of halogens is 1. The largest absolute Gasteiger partial charge is 0.394 e. The number of nitrogens with one attached hydrogen (secondary N) is 2. The number of benzene rings is 1. The summed E-state index contributed by atoms with van der Waals surface area (Å²) in [5.74, 6) is 0.211. The van der Waals surface area contributed by atoms with Gasteiger partial charge in [-0.1, -0.05) is 0 Å². The number of hydrogen-bond acceptors (Lipinski definition) is 3. The zero-order valence-corrected chi connectivity index (χ0v) is 15.0. The maximum atomic E-state index is 14.6. The fraction of sp³-hybridized carbons (Fsp3) is 0.400. The van der Waals surface area contributed by atoms with Gasteiger partial charge in [-0.05, 0) is 75.1 Å². The molecule has 0 atom stereocenters. The maximum absolute atomic E-state index is 14.6. The second kappa shape index (κ2) is 6.27. The molecule has 1 heterocycles. The highest BCUT2D eigenvalue weighted by Crippen LogP contribution is 2.49. The summed E-state index contributed by atoms with van der Waals surface area (Å²) in [5.41, 5.74) is 10.7. The lowest BCUT2D eigenvalue weighted by Crippen LogP contribution is -2.23. The van der Waals surface area contributed by atoms with Crippen LogP contribution in [0.25, 0.3) is 11.1 Å². The molecule has 0 spiro atoms. The molecule has 2 saturated carbocycles. The molecule has 136 valence electrons. The molecule has 0 bridgehead atoms. The minimum Gasteiger partial charge on any atom is -0.394 e. The van der Waals surface area contributed by atoms with Gasteiger partial charge in [0, 0.05) is 22.5 Å². The summed E-state index contributed by atoms with van der Waals surface area (Å²) in [6.07, 6.45) is 4.47. The number of allylic oxidation sites excluding steroid dienone is 1. The van der Waals surface area contributed by atoms with Gasteiger partial charge in [0.1, 0.15) is 5.82 Å². The van der Waals surface area contributed by atoms with Crippen molar-refractivity contribution in [2.24, 2.45) is 17.6 Å². The van der Waals surface area contributed by atoms with Gasteiger partial charge in [-0.2, -0.15) is 5.10 Å². The Morgan fingerprint density at radius 2 is 1.88 bits per heavy atom. The Morgan fingerprint density at radius 1 is 1.23 bits per heavy atom. The first-order valence-corrected chi connectivity index (χ1v) is 9.08. The van der Waals surface area contributed by atoms with Crippen molar-refractivity contribution in [3.63, 3.8) is 0 Å². The van der Waals surface area contributed by atoms with E-state index in [-0.39, 0.29) is 5.91 Å². The van der Waals surface area contributed by atoms with E-state index in [1.54, 1.807) is 12.1 Å². The van der Waals surface area contributed by atoms with Crippen LogP contribution in [0.1, 0.15) is 37.1 Å². The van der Waals surface area contributed by atoms with Crippen molar-refractivity contribution >= 4 is 11.6 Å². The van der Waals surface area contributed by atoms with Crippen molar-refractivity contribution in [2.45, 2.75) is 39.5 Å². The molecule has 4 rings (SSSR count). The Morgan fingerprint density at radius 3 is 2.38 bits per heavy atom. The number of rotatable bonds is 5. The van der Waals surface area contributed by atoms with Crippen LogP contribution in [0.3, 0.4) is 0 Å². The standard InChI is InChI=1S/C20H23FN4O/c1-10-17(11(2)25-24-10)15-8-7-14(9-16(15)21)23-20(26)19(22)18(12-3-4-12)13-5-6-13/h7-9,12-13H,3-6,22H2,1-2H3,(H,23,26)(H,24,25). The lowest BCUT2D eigenvalue weighted by atomic mass is 10.0. The summed E-state index contributed by atoms with van der Waals surface area (Å²) in [6, 6.07) is 4.70. The number of hydrogen-bond donors (Lipinski definition) is 3. The van der Waals surface area contributed by atoms with Gasteiger partial charge in [-0.3, -0.25) is 9.89 Å². The minimum atomic E-state index is -0.400. The van der Waals surface area contributed by atoms with Crippen LogP contribution in [0.4, 0.5) is 10.1 Å². The summed E-state index contributed by atoms with van der Waals surface area (Å²) in [6.45, 7) is 3.68. The first kappa shape index (κ1) is 16.8. The zero-order chi connectivity index (χ0) is 18.4. The van der Waals surface area contributed by atoms with E-state index in [1.807, 2.05) is 13.8 Å². The van der Waals surface area contributed by atoms with Crippen LogP contribution >= 0.6 is 0 Å². The van der Waals surface area contributed by atoms with Crippen molar-refractivity contribution in [1.29, 1.82) is 0 Å². The SMILES string of the molecule is Cc1n[nH]c(C)c1-c1ccc(NC(=O)C(N)=C(C2CC2)C2CC2)cc1F. The summed E-state index contributed by atoms with van der Waals surface area (Å²) in [5, 5.41) is 9.71. The molecule has 2 aromatic rings. The summed E-state index contributed by atoms with van der Waals surface area (Å²) in [4.78, 5) is 12.5. The van der Waals surface area contributed by atoms with E-state index in [9.17, 15) is 9.18 Å². The quantitative estimate of drug-likeness (QED) is 0.714. The monoisotopic (exact) mass is 354 g/mol. The molecular weight excluding hydrogens is 331 g/mol. The Balaban J connectivity index is 1.56. The first-order valence-electron chi connectivity index (χ1n) is 9.08. The van der Waals surface area contributed by atoms with E-state index < -0.39 is 5.82 Å². The number of H-pyrrole nitrogens is 1. The molecule has 1 aromatic heterocycles. The number of anilines is 1. The number of nitrogens with zero attached hydrogens (tertiary/aromatic N) is 1. The van der Waals surface area contributed by atoms with E-state index in [4.69, 9.17) is 5.73 Å². The number of aromatic amines is 1. The molecule has 26 heavy (non-hydrogen) atoms. The second-order valence-corrected chi connectivity index (χ2v) is 7.38. The molecule has 2 fully saturated rings. The van der Waals surface area contributed by atoms with E-state index in [1.165, 1.54) is 6.07 Å². The highest BCUT2D eigenvalue weighted by molar-refractivity contribution is 6.03. The molecule has 0 aliphatic heterocycles. The van der Waals surface area contributed by atoms with E-state index in [0.29, 0.717) is 28.8 Å². The molecule has 0 radical (unpaired) electrons. The number of aromatic nitrogens is 2. The van der Waals surface area contributed by atoms with Gasteiger partial charge >= 0.3 is 0 Å². The van der Waals surface area contributed by atoms with E-state index >= 15 is 0 Å². The number of nitrogens with two attached hydrogens (primary N) is 1. The number of amides is 1.